The van der Waals surface area contributed by atoms with Crippen LogP contribution in [0.15, 0.2) is 34.8 Å². The van der Waals surface area contributed by atoms with Crippen LogP contribution in [0.5, 0.6) is 5.75 Å². The molecule has 4 atom stereocenters. The number of hydrogen-bond acceptors (Lipinski definition) is 9. The van der Waals surface area contributed by atoms with Gasteiger partial charge in [0.25, 0.3) is 5.91 Å². The van der Waals surface area contributed by atoms with Crippen LogP contribution in [0, 0.1) is 17.8 Å². The summed E-state index contributed by atoms with van der Waals surface area (Å²) in [6.45, 7) is 3.36. The molecule has 4 rings (SSSR count). The molecule has 0 heterocycles. The number of benzene rings is 1. The molecule has 198 valence electrons. The number of nitrogens with one attached hydrogen (secondary N) is 1. The predicted molar refractivity (Wildman–Crippen MR) is 134 cm³/mol. The fourth-order valence-electron chi connectivity index (χ4n) is 5.95. The topological polar surface area (TPSA) is 196 Å². The second kappa shape index (κ2) is 9.00. The number of carbonyl (C=O) groups is 4. The Hall–Kier alpha value is -3.70. The molecule has 3 unspecified atom stereocenters. The Kier molecular flexibility index (Phi) is 6.41. The Balaban J connectivity index is 1.78. The number of phenolic OH excluding ortho intramolecular Hbond substituents is 1. The largest absolute Gasteiger partial charge is 0.511 e. The number of rotatable bonds is 5. The molecule has 0 saturated carbocycles. The van der Waals surface area contributed by atoms with Gasteiger partial charge in [-0.25, -0.2) is 0 Å². The normalized spacial score (nSPS) is 25.6. The molecule has 0 spiro atoms. The summed E-state index contributed by atoms with van der Waals surface area (Å²) in [5.41, 5.74) is 10.4. The predicted octanol–water partition coefficient (Wildman–Crippen LogP) is 1.07. The lowest BCUT2D eigenvalue weighted by molar-refractivity contribution is -0.127. The molecule has 0 bridgehead atoms. The van der Waals surface area contributed by atoms with Crippen LogP contribution in [0.2, 0.25) is 0 Å². The first kappa shape index (κ1) is 26.4. The van der Waals surface area contributed by atoms with Gasteiger partial charge >= 0.3 is 0 Å². The van der Waals surface area contributed by atoms with Crippen LogP contribution in [0.1, 0.15) is 42.6 Å². The zero-order valence-corrected chi connectivity index (χ0v) is 21.2. The minimum atomic E-state index is -1.25. The van der Waals surface area contributed by atoms with Crippen molar-refractivity contribution in [3.05, 3.63) is 45.9 Å². The van der Waals surface area contributed by atoms with E-state index in [0.717, 1.165) is 0 Å². The van der Waals surface area contributed by atoms with Crippen molar-refractivity contribution < 1.29 is 34.5 Å². The summed E-state index contributed by atoms with van der Waals surface area (Å²) < 4.78 is 0. The Bertz CT molecular complexity index is 1290. The molecule has 11 nitrogen and oxygen atoms in total. The number of fused-ring (bicyclic) bond motifs is 3. The third-order valence-corrected chi connectivity index (χ3v) is 7.33. The lowest BCUT2D eigenvalue weighted by atomic mass is 9.61. The van der Waals surface area contributed by atoms with E-state index < -0.39 is 75.6 Å². The van der Waals surface area contributed by atoms with E-state index in [-0.39, 0.29) is 36.1 Å². The average molecular weight is 513 g/mol. The van der Waals surface area contributed by atoms with Crippen LogP contribution in [-0.2, 0) is 20.8 Å². The van der Waals surface area contributed by atoms with Crippen LogP contribution < -0.4 is 16.8 Å². The van der Waals surface area contributed by atoms with Gasteiger partial charge in [-0.1, -0.05) is 6.07 Å². The van der Waals surface area contributed by atoms with E-state index in [2.05, 4.69) is 5.32 Å². The van der Waals surface area contributed by atoms with Gasteiger partial charge in [-0.15, -0.1) is 0 Å². The highest BCUT2D eigenvalue weighted by Gasteiger charge is 2.54. The van der Waals surface area contributed by atoms with Gasteiger partial charge in [0.2, 0.25) is 5.91 Å². The first-order chi connectivity index (χ1) is 17.1. The number of nitrogens with two attached hydrogens (primary N) is 2. The highest BCUT2D eigenvalue weighted by atomic mass is 16.3. The van der Waals surface area contributed by atoms with Crippen molar-refractivity contribution >= 4 is 29.1 Å². The van der Waals surface area contributed by atoms with E-state index in [4.69, 9.17) is 11.5 Å². The number of nitrogens with zero attached hydrogens (tertiary/aromatic N) is 1. The van der Waals surface area contributed by atoms with Gasteiger partial charge in [0.1, 0.15) is 17.1 Å². The molecule has 37 heavy (non-hydrogen) atoms. The number of aliphatic hydroxyl groups excluding tert-OH is 2. The van der Waals surface area contributed by atoms with E-state index in [1.54, 1.807) is 38.9 Å². The van der Waals surface area contributed by atoms with Crippen LogP contribution in [0.3, 0.4) is 0 Å². The standard InChI is InChI=1S/C26H32N4O7/c1-26(2,28)9-14(31)29-13-6-5-10-7-11-8-12-17(22(34)16(11)21(33)15(10)20(13)32)23(35)18(25(27)37)24(36)19(12)30(3)4/h5-6,11-12,17,19,32,34,36H,7-9,28H2,1-4H3,(H2,27,37)(H,29,31)/t11?,12?,17?,19-/m0/s1. The van der Waals surface area contributed by atoms with E-state index in [9.17, 15) is 34.5 Å². The average Bonchev–Trinajstić information content (AvgIpc) is 2.73. The summed E-state index contributed by atoms with van der Waals surface area (Å²) >= 11 is 0. The summed E-state index contributed by atoms with van der Waals surface area (Å²) in [6, 6.07) is 2.36. The fraction of sp³-hybridized carbons (Fsp3) is 0.462. The van der Waals surface area contributed by atoms with Gasteiger partial charge in [0.15, 0.2) is 17.3 Å². The maximum absolute atomic E-state index is 13.6. The zero-order chi connectivity index (χ0) is 27.6. The molecule has 11 heteroatoms. The number of likely N-dealkylation sites (N-methyl/N-ethyl adjacent to an activating group) is 1. The molecular weight excluding hydrogens is 480 g/mol. The molecule has 0 aliphatic heterocycles. The number of carbonyl (C=O) groups excluding carboxylic acids is 4. The van der Waals surface area contributed by atoms with E-state index in [1.165, 1.54) is 6.07 Å². The maximum Gasteiger partial charge on any atom is 0.255 e. The quantitative estimate of drug-likeness (QED) is 0.247. The highest BCUT2D eigenvalue weighted by Crippen LogP contribution is 2.50. The Labute approximate surface area is 213 Å². The minimum absolute atomic E-state index is 0.0216. The van der Waals surface area contributed by atoms with Crippen LogP contribution in [0.4, 0.5) is 5.69 Å². The lowest BCUT2D eigenvalue weighted by Gasteiger charge is -2.46. The molecule has 3 aliphatic rings. The number of amides is 2. The third-order valence-electron chi connectivity index (χ3n) is 7.33. The van der Waals surface area contributed by atoms with E-state index >= 15 is 0 Å². The van der Waals surface area contributed by atoms with E-state index in [0.29, 0.717) is 5.56 Å². The van der Waals surface area contributed by atoms with Crippen molar-refractivity contribution in [2.75, 3.05) is 19.4 Å². The van der Waals surface area contributed by atoms with Gasteiger partial charge in [-0.2, -0.15) is 0 Å². The number of aliphatic hydroxyl groups is 2. The molecule has 0 fully saturated rings. The number of phenols is 1. The van der Waals surface area contributed by atoms with Crippen molar-refractivity contribution in [2.24, 2.45) is 29.2 Å². The van der Waals surface area contributed by atoms with Gasteiger partial charge in [0, 0.05) is 17.5 Å². The van der Waals surface area contributed by atoms with Crippen LogP contribution >= 0.6 is 0 Å². The lowest BCUT2D eigenvalue weighted by Crippen LogP contribution is -2.53. The fourth-order valence-corrected chi connectivity index (χ4v) is 5.95. The maximum atomic E-state index is 13.6. The number of ketones is 2. The van der Waals surface area contributed by atoms with Crippen molar-refractivity contribution in [3.63, 3.8) is 0 Å². The van der Waals surface area contributed by atoms with Gasteiger partial charge in [-0.3, -0.25) is 24.1 Å². The molecule has 8 N–H and O–H groups in total. The van der Waals surface area contributed by atoms with Crippen molar-refractivity contribution in [1.82, 2.24) is 4.90 Å². The van der Waals surface area contributed by atoms with E-state index in [1.807, 2.05) is 0 Å². The second-order valence-corrected chi connectivity index (χ2v) is 11.0. The number of primary amides is 1. The summed E-state index contributed by atoms with van der Waals surface area (Å²) in [7, 11) is 3.34. The Morgan fingerprint density at radius 2 is 1.78 bits per heavy atom. The summed E-state index contributed by atoms with van der Waals surface area (Å²) in [4.78, 5) is 52.9. The first-order valence-electron chi connectivity index (χ1n) is 12.0. The molecule has 0 saturated heterocycles. The zero-order valence-electron chi connectivity index (χ0n) is 21.2. The number of aromatic hydroxyl groups is 1. The van der Waals surface area contributed by atoms with Gasteiger partial charge in [-0.05, 0) is 64.3 Å². The van der Waals surface area contributed by atoms with Gasteiger partial charge < -0.3 is 32.1 Å². The summed E-state index contributed by atoms with van der Waals surface area (Å²) in [6.07, 6.45) is 0.528. The molecule has 0 radical (unpaired) electrons. The third kappa shape index (κ3) is 4.38. The highest BCUT2D eigenvalue weighted by molar-refractivity contribution is 6.22. The molecule has 1 aromatic rings. The van der Waals surface area contributed by atoms with Crippen molar-refractivity contribution in [1.29, 1.82) is 0 Å². The molecule has 3 aliphatic carbocycles. The number of anilines is 1. The Morgan fingerprint density at radius 3 is 2.35 bits per heavy atom. The Morgan fingerprint density at radius 1 is 1.14 bits per heavy atom. The molecular formula is C26H32N4O7. The van der Waals surface area contributed by atoms with Crippen molar-refractivity contribution in [2.45, 2.75) is 44.7 Å². The SMILES string of the molecule is CN(C)[C@@H]1C(O)=C(C(N)=O)C(=O)C2C(O)=C3C(=O)c4c(ccc(NC(=O)CC(C)(C)N)c4O)CC3CC21. The minimum Gasteiger partial charge on any atom is -0.511 e. The summed E-state index contributed by atoms with van der Waals surface area (Å²) in [5, 5.41) is 35.5. The van der Waals surface area contributed by atoms with Crippen LogP contribution in [0.25, 0.3) is 0 Å². The molecule has 0 aromatic heterocycles. The van der Waals surface area contributed by atoms with Gasteiger partial charge in [0.05, 0.1) is 23.2 Å². The monoisotopic (exact) mass is 512 g/mol. The summed E-state index contributed by atoms with van der Waals surface area (Å²) in [5.74, 6) is -6.79. The van der Waals surface area contributed by atoms with Crippen molar-refractivity contribution in [3.8, 4) is 5.75 Å². The molecule has 2 amide bonds. The second-order valence-electron chi connectivity index (χ2n) is 11.0. The smallest absolute Gasteiger partial charge is 0.255 e. The number of allylic oxidation sites excluding steroid dienone is 2. The number of hydrogen-bond donors (Lipinski definition) is 6. The first-order valence-corrected chi connectivity index (χ1v) is 12.0. The van der Waals surface area contributed by atoms with Crippen LogP contribution in [-0.4, -0.2) is 69.3 Å². The number of Topliss-reactive ketones (excluding diaryl/α,β-unsaturated/α-hetero) is 2. The molecule has 1 aromatic carbocycles.